The van der Waals surface area contributed by atoms with E-state index >= 15 is 0 Å². The summed E-state index contributed by atoms with van der Waals surface area (Å²) in [5.41, 5.74) is 3.63. The second-order valence-corrected chi connectivity index (χ2v) is 11.7. The number of halogens is 3. The number of thioether (sulfide) groups is 1. The van der Waals surface area contributed by atoms with Gasteiger partial charge < -0.3 is 10.6 Å². The van der Waals surface area contributed by atoms with Crippen LogP contribution in [0.3, 0.4) is 0 Å². The Morgan fingerprint density at radius 2 is 1.89 bits per heavy atom. The fraction of sp³-hybridized carbons (Fsp3) is 0.269. The maximum Gasteiger partial charge on any atom is 0.282 e. The predicted octanol–water partition coefficient (Wildman–Crippen LogP) is 7.90. The molecule has 3 aromatic carbocycles. The monoisotopic (exact) mass is 561 g/mol. The minimum Gasteiger partial charge on any atom is -0.378 e. The molecule has 3 aromatic rings. The number of carbonyl (C=O) groups excluding carboxylic acids is 1. The van der Waals surface area contributed by atoms with Crippen molar-refractivity contribution in [1.29, 1.82) is 0 Å². The van der Waals surface area contributed by atoms with Gasteiger partial charge in [0.25, 0.3) is 5.69 Å². The van der Waals surface area contributed by atoms with Crippen LogP contribution >= 0.6 is 46.6 Å². The molecule has 0 spiro atoms. The van der Waals surface area contributed by atoms with Crippen LogP contribution < -0.4 is 10.6 Å². The van der Waals surface area contributed by atoms with E-state index in [0.717, 1.165) is 23.2 Å². The van der Waals surface area contributed by atoms with E-state index in [4.69, 9.17) is 34.8 Å². The van der Waals surface area contributed by atoms with Gasteiger partial charge in [0.15, 0.2) is 0 Å². The lowest BCUT2D eigenvalue weighted by atomic mass is 9.77. The van der Waals surface area contributed by atoms with Crippen LogP contribution in [0.4, 0.5) is 17.1 Å². The molecule has 1 amide bonds. The Labute approximate surface area is 227 Å². The highest BCUT2D eigenvalue weighted by atomic mass is 35.5. The van der Waals surface area contributed by atoms with Crippen molar-refractivity contribution in [2.24, 2.45) is 5.92 Å². The van der Waals surface area contributed by atoms with Gasteiger partial charge in [-0.05, 0) is 59.9 Å². The van der Waals surface area contributed by atoms with Crippen LogP contribution in [0.2, 0.25) is 10.0 Å². The molecule has 6 nitrogen and oxygen atoms in total. The summed E-state index contributed by atoms with van der Waals surface area (Å²) < 4.78 is 0. The van der Waals surface area contributed by atoms with E-state index in [1.807, 2.05) is 30.3 Å². The Kier molecular flexibility index (Phi) is 7.10. The first-order valence-corrected chi connectivity index (χ1v) is 13.5. The average Bonchev–Trinajstić information content (AvgIpc) is 3.15. The highest BCUT2D eigenvalue weighted by molar-refractivity contribution is 8.00. The topological polar surface area (TPSA) is 84.3 Å². The van der Waals surface area contributed by atoms with E-state index in [2.05, 4.69) is 10.6 Å². The standard InChI is InChI=1S/C26H22Cl3N3O3S/c1-13(33)30-15-7-9-20-17(11-15)24-18(26(31-20)16-8-6-14(27)10-19(16)28)12-23(25(24)29)36-22-5-3-2-4-21(22)32(34)35/h2-11,18,23-26,31H,12H2,1H3,(H,30,33)/t18-,23+,24-,25+,26+/m1/s1. The number of alkyl halides is 1. The highest BCUT2D eigenvalue weighted by Gasteiger charge is 2.50. The largest absolute Gasteiger partial charge is 0.378 e. The summed E-state index contributed by atoms with van der Waals surface area (Å²) >= 11 is 21.4. The van der Waals surface area contributed by atoms with Crippen molar-refractivity contribution >= 4 is 69.5 Å². The molecule has 2 aliphatic rings. The Hall–Kier alpha value is -2.45. The minimum absolute atomic E-state index is 0.0614. The molecule has 1 heterocycles. The molecular weight excluding hydrogens is 541 g/mol. The molecule has 1 saturated carbocycles. The number of hydrogen-bond donors (Lipinski definition) is 2. The summed E-state index contributed by atoms with van der Waals surface area (Å²) in [6.07, 6.45) is 0.718. The third-order valence-electron chi connectivity index (χ3n) is 6.77. The molecule has 1 aliphatic carbocycles. The van der Waals surface area contributed by atoms with Gasteiger partial charge in [-0.15, -0.1) is 23.4 Å². The van der Waals surface area contributed by atoms with Crippen LogP contribution in [0.15, 0.2) is 65.6 Å². The SMILES string of the molecule is CC(=O)Nc1ccc2c(c1)[C@H]1[C@@H](Cl)[C@@H](Sc3ccccc3[N+](=O)[O-])C[C@H]1[C@H](c1ccc(Cl)cc1Cl)N2. The van der Waals surface area contributed by atoms with Gasteiger partial charge in [-0.25, -0.2) is 0 Å². The summed E-state index contributed by atoms with van der Waals surface area (Å²) in [5.74, 6) is -0.153. The smallest absolute Gasteiger partial charge is 0.282 e. The fourth-order valence-corrected chi connectivity index (χ4v) is 7.80. The predicted molar refractivity (Wildman–Crippen MR) is 147 cm³/mol. The Morgan fingerprint density at radius 3 is 2.61 bits per heavy atom. The van der Waals surface area contributed by atoms with E-state index in [1.165, 1.54) is 24.8 Å². The number of fused-ring (bicyclic) bond motifs is 3. The quantitative estimate of drug-likeness (QED) is 0.188. The molecule has 10 heteroatoms. The van der Waals surface area contributed by atoms with E-state index in [0.29, 0.717) is 20.6 Å². The number of nitrogens with zero attached hydrogens (tertiary/aromatic N) is 1. The first-order valence-electron chi connectivity index (χ1n) is 11.4. The van der Waals surface area contributed by atoms with Crippen molar-refractivity contribution in [2.75, 3.05) is 10.6 Å². The molecule has 186 valence electrons. The number of rotatable bonds is 5. The normalized spacial score (nSPS) is 24.4. The molecule has 0 aromatic heterocycles. The highest BCUT2D eigenvalue weighted by Crippen LogP contribution is 2.59. The molecule has 36 heavy (non-hydrogen) atoms. The third-order valence-corrected chi connectivity index (χ3v) is 9.45. The van der Waals surface area contributed by atoms with Gasteiger partial charge in [0.1, 0.15) is 0 Å². The number of amides is 1. The van der Waals surface area contributed by atoms with E-state index in [9.17, 15) is 14.9 Å². The lowest BCUT2D eigenvalue weighted by Gasteiger charge is -2.39. The molecule has 0 radical (unpaired) electrons. The molecule has 1 aliphatic heterocycles. The van der Waals surface area contributed by atoms with Gasteiger partial charge in [0.2, 0.25) is 5.91 Å². The zero-order valence-electron chi connectivity index (χ0n) is 19.1. The van der Waals surface area contributed by atoms with E-state index in [1.54, 1.807) is 24.3 Å². The first-order chi connectivity index (χ1) is 17.2. The van der Waals surface area contributed by atoms with Gasteiger partial charge in [-0.3, -0.25) is 14.9 Å². The fourth-order valence-electron chi connectivity index (χ4n) is 5.33. The number of nitrogens with one attached hydrogen (secondary N) is 2. The van der Waals surface area contributed by atoms with E-state index in [-0.39, 0.29) is 45.0 Å². The average molecular weight is 563 g/mol. The molecule has 5 atom stereocenters. The summed E-state index contributed by atoms with van der Waals surface area (Å²) in [6.45, 7) is 1.47. The maximum absolute atomic E-state index is 11.7. The number of nitro groups is 1. The van der Waals surface area contributed by atoms with Crippen molar-refractivity contribution in [3.05, 3.63) is 92.0 Å². The zero-order valence-corrected chi connectivity index (χ0v) is 22.2. The second kappa shape index (κ2) is 10.1. The van der Waals surface area contributed by atoms with Gasteiger partial charge in [0.05, 0.1) is 21.2 Å². The molecule has 5 rings (SSSR count). The first kappa shape index (κ1) is 25.2. The van der Waals surface area contributed by atoms with Crippen LogP contribution in [0.1, 0.15) is 36.4 Å². The minimum atomic E-state index is -0.361. The summed E-state index contributed by atoms with van der Waals surface area (Å²) in [6, 6.07) is 17.9. The summed E-state index contributed by atoms with van der Waals surface area (Å²) in [4.78, 5) is 23.5. The second-order valence-electron chi connectivity index (χ2n) is 9.02. The van der Waals surface area contributed by atoms with Crippen LogP contribution in [-0.4, -0.2) is 21.5 Å². The Bertz CT molecular complexity index is 1360. The number of hydrogen-bond acceptors (Lipinski definition) is 5. The van der Waals surface area contributed by atoms with Crippen LogP contribution in [0, 0.1) is 16.0 Å². The van der Waals surface area contributed by atoms with Gasteiger partial charge >= 0.3 is 0 Å². The van der Waals surface area contributed by atoms with E-state index < -0.39 is 0 Å². The molecule has 1 fully saturated rings. The van der Waals surface area contributed by atoms with Gasteiger partial charge in [-0.1, -0.05) is 41.4 Å². The lowest BCUT2D eigenvalue weighted by Crippen LogP contribution is -2.31. The summed E-state index contributed by atoms with van der Waals surface area (Å²) in [7, 11) is 0. The Balaban J connectivity index is 1.56. The number of anilines is 2. The third kappa shape index (κ3) is 4.77. The van der Waals surface area contributed by atoms with Crippen molar-refractivity contribution in [3.63, 3.8) is 0 Å². The van der Waals surface area contributed by atoms with Crippen molar-refractivity contribution in [1.82, 2.24) is 0 Å². The molecular formula is C26H22Cl3N3O3S. The van der Waals surface area contributed by atoms with Crippen LogP contribution in [-0.2, 0) is 4.79 Å². The molecule has 0 bridgehead atoms. The van der Waals surface area contributed by atoms with Gasteiger partial charge in [-0.2, -0.15) is 0 Å². The number of nitro benzene ring substituents is 1. The van der Waals surface area contributed by atoms with Gasteiger partial charge in [0, 0.05) is 45.6 Å². The van der Waals surface area contributed by atoms with Crippen molar-refractivity contribution in [3.8, 4) is 0 Å². The van der Waals surface area contributed by atoms with Crippen molar-refractivity contribution in [2.45, 2.75) is 40.8 Å². The number of carbonyl (C=O) groups is 1. The van der Waals surface area contributed by atoms with Crippen molar-refractivity contribution < 1.29 is 9.72 Å². The lowest BCUT2D eigenvalue weighted by molar-refractivity contribution is -0.387. The molecule has 0 unspecified atom stereocenters. The molecule has 0 saturated heterocycles. The van der Waals surface area contributed by atoms with Crippen LogP contribution in [0.5, 0.6) is 0 Å². The summed E-state index contributed by atoms with van der Waals surface area (Å²) in [5, 5.41) is 18.9. The Morgan fingerprint density at radius 1 is 1.11 bits per heavy atom. The maximum atomic E-state index is 11.7. The number of benzene rings is 3. The zero-order chi connectivity index (χ0) is 25.6. The number of para-hydroxylation sites is 1. The van der Waals surface area contributed by atoms with Crippen LogP contribution in [0.25, 0.3) is 0 Å². The molecule has 2 N–H and O–H groups in total.